The van der Waals surface area contributed by atoms with Crippen LogP contribution in [-0.4, -0.2) is 79.4 Å². The van der Waals surface area contributed by atoms with E-state index >= 15 is 0 Å². The van der Waals surface area contributed by atoms with Crippen molar-refractivity contribution in [1.82, 2.24) is 19.2 Å². The number of carbonyl (C=O) groups excluding carboxylic acids is 2. The van der Waals surface area contributed by atoms with Crippen LogP contribution < -0.4 is 5.32 Å². The average Bonchev–Trinajstić information content (AvgIpc) is 3.18. The number of ether oxygens (including phenoxy) is 2. The average molecular weight is 499 g/mol. The molecule has 1 aromatic heterocycles. The van der Waals surface area contributed by atoms with Crippen molar-refractivity contribution < 1.29 is 27.5 Å². The van der Waals surface area contributed by atoms with Gasteiger partial charge < -0.3 is 19.4 Å². The van der Waals surface area contributed by atoms with Crippen molar-refractivity contribution in [3.8, 4) is 0 Å². The Kier molecular flexibility index (Phi) is 9.12. The Morgan fingerprint density at radius 2 is 2.00 bits per heavy atom. The summed E-state index contributed by atoms with van der Waals surface area (Å²) < 4.78 is 39.4. The Labute approximate surface area is 198 Å². The van der Waals surface area contributed by atoms with E-state index in [2.05, 4.69) is 10.3 Å². The Morgan fingerprint density at radius 3 is 2.70 bits per heavy atom. The molecule has 1 fully saturated rings. The summed E-state index contributed by atoms with van der Waals surface area (Å²) in [4.78, 5) is 28.3. The number of sulfonamides is 1. The maximum atomic E-state index is 13.0. The van der Waals surface area contributed by atoms with Gasteiger partial charge in [-0.25, -0.2) is 13.4 Å². The minimum absolute atomic E-state index is 0.158. The summed E-state index contributed by atoms with van der Waals surface area (Å²) in [6.45, 7) is 6.54. The first-order chi connectivity index (χ1) is 15.9. The number of esters is 1. The normalized spacial score (nSPS) is 15.0. The van der Waals surface area contributed by atoms with Crippen molar-refractivity contribution in [3.63, 3.8) is 0 Å². The van der Waals surface area contributed by atoms with Gasteiger partial charge in [-0.3, -0.25) is 9.59 Å². The maximum absolute atomic E-state index is 13.0. The van der Waals surface area contributed by atoms with E-state index in [0.717, 1.165) is 5.52 Å². The number of imidazole rings is 1. The summed E-state index contributed by atoms with van der Waals surface area (Å²) in [5.41, 5.74) is 1.39. The van der Waals surface area contributed by atoms with Crippen LogP contribution in [0.15, 0.2) is 28.3 Å². The lowest BCUT2D eigenvalue weighted by Gasteiger charge is -2.26. The second-order valence-corrected chi connectivity index (χ2v) is 10.2. The van der Waals surface area contributed by atoms with Crippen molar-refractivity contribution in [2.24, 2.45) is 0 Å². The quantitative estimate of drug-likeness (QED) is 0.282. The Morgan fingerprint density at radius 1 is 1.24 bits per heavy atom. The molecule has 0 bridgehead atoms. The summed E-state index contributed by atoms with van der Waals surface area (Å²) in [6.07, 6.45) is 0.783. The highest BCUT2D eigenvalue weighted by atomic mass is 32.2. The Bertz CT molecular complexity index is 1080. The third-order valence-electron chi connectivity index (χ3n) is 5.13. The lowest BCUT2D eigenvalue weighted by molar-refractivity contribution is -0.143. The molecule has 10 nitrogen and oxygen atoms in total. The van der Waals surface area contributed by atoms with Crippen LogP contribution in [0.4, 0.5) is 0 Å². The molecule has 1 aliphatic heterocycles. The molecule has 1 N–H and O–H groups in total. The van der Waals surface area contributed by atoms with E-state index in [1.165, 1.54) is 16.1 Å². The van der Waals surface area contributed by atoms with Crippen LogP contribution >= 0.6 is 11.8 Å². The smallest absolute Gasteiger partial charge is 0.305 e. The van der Waals surface area contributed by atoms with Gasteiger partial charge in [0.05, 0.1) is 41.5 Å². The van der Waals surface area contributed by atoms with Crippen LogP contribution in [0.5, 0.6) is 0 Å². The maximum Gasteiger partial charge on any atom is 0.305 e. The van der Waals surface area contributed by atoms with Crippen molar-refractivity contribution in [2.45, 2.75) is 43.3 Å². The van der Waals surface area contributed by atoms with Crippen molar-refractivity contribution in [3.05, 3.63) is 18.2 Å². The predicted molar refractivity (Wildman–Crippen MR) is 125 cm³/mol. The summed E-state index contributed by atoms with van der Waals surface area (Å²) in [7, 11) is -3.61. The van der Waals surface area contributed by atoms with Crippen molar-refractivity contribution >= 4 is 44.7 Å². The summed E-state index contributed by atoms with van der Waals surface area (Å²) >= 11 is 1.29. The van der Waals surface area contributed by atoms with Crippen LogP contribution in [0.2, 0.25) is 0 Å². The topological polar surface area (TPSA) is 120 Å². The van der Waals surface area contributed by atoms with Gasteiger partial charge in [0, 0.05) is 32.6 Å². The molecule has 1 aromatic carbocycles. The molecule has 12 heteroatoms. The van der Waals surface area contributed by atoms with Gasteiger partial charge in [0.15, 0.2) is 5.16 Å². The molecular weight excluding hydrogens is 468 g/mol. The van der Waals surface area contributed by atoms with Gasteiger partial charge in [0.2, 0.25) is 15.9 Å². The van der Waals surface area contributed by atoms with Crippen LogP contribution in [-0.2, 0) is 35.6 Å². The van der Waals surface area contributed by atoms with E-state index in [1.807, 2.05) is 11.5 Å². The number of aromatic nitrogens is 2. The second kappa shape index (κ2) is 11.8. The molecule has 0 unspecified atom stereocenters. The molecule has 1 aliphatic rings. The van der Waals surface area contributed by atoms with E-state index in [-0.39, 0.29) is 28.9 Å². The predicted octanol–water partition coefficient (Wildman–Crippen LogP) is 1.63. The summed E-state index contributed by atoms with van der Waals surface area (Å²) in [5, 5.41) is 3.44. The van der Waals surface area contributed by atoms with Gasteiger partial charge in [-0.15, -0.1) is 0 Å². The summed E-state index contributed by atoms with van der Waals surface area (Å²) in [6, 6.07) is 4.95. The molecule has 0 aliphatic carbocycles. The zero-order chi connectivity index (χ0) is 23.8. The van der Waals surface area contributed by atoms with Crippen LogP contribution in [0, 0.1) is 0 Å². The molecule has 1 saturated heterocycles. The number of nitrogens with one attached hydrogen (secondary N) is 1. The molecular formula is C21H30N4O6S2. The van der Waals surface area contributed by atoms with Gasteiger partial charge in [-0.1, -0.05) is 11.8 Å². The Hall–Kier alpha value is -2.15. The fourth-order valence-corrected chi connectivity index (χ4v) is 5.81. The van der Waals surface area contributed by atoms with E-state index in [1.54, 1.807) is 25.1 Å². The number of aryl methyl sites for hydroxylation is 1. The lowest BCUT2D eigenvalue weighted by atomic mass is 10.3. The number of hydrogen-bond acceptors (Lipinski definition) is 8. The van der Waals surface area contributed by atoms with E-state index in [4.69, 9.17) is 9.47 Å². The molecule has 3 rings (SSSR count). The number of rotatable bonds is 11. The highest BCUT2D eigenvalue weighted by Gasteiger charge is 2.27. The first-order valence-electron chi connectivity index (χ1n) is 11.0. The van der Waals surface area contributed by atoms with E-state index < -0.39 is 10.0 Å². The molecule has 0 saturated carbocycles. The van der Waals surface area contributed by atoms with Crippen molar-refractivity contribution in [2.75, 3.05) is 45.2 Å². The number of amides is 1. The molecule has 1 amide bonds. The van der Waals surface area contributed by atoms with Crippen LogP contribution in [0.25, 0.3) is 11.0 Å². The van der Waals surface area contributed by atoms with E-state index in [0.29, 0.717) is 63.1 Å². The highest BCUT2D eigenvalue weighted by Crippen LogP contribution is 2.27. The monoisotopic (exact) mass is 498 g/mol. The molecule has 182 valence electrons. The number of benzene rings is 1. The Balaban J connectivity index is 1.63. The minimum Gasteiger partial charge on any atom is -0.466 e. The number of morpholine rings is 1. The van der Waals surface area contributed by atoms with Gasteiger partial charge in [-0.2, -0.15) is 4.31 Å². The third kappa shape index (κ3) is 6.46. The van der Waals surface area contributed by atoms with Crippen molar-refractivity contribution in [1.29, 1.82) is 0 Å². The second-order valence-electron chi connectivity index (χ2n) is 7.35. The molecule has 2 aromatic rings. The number of thioether (sulfide) groups is 1. The lowest BCUT2D eigenvalue weighted by Crippen LogP contribution is -2.40. The fourth-order valence-electron chi connectivity index (χ4n) is 3.47. The number of carbonyl (C=O) groups is 2. The van der Waals surface area contributed by atoms with E-state index in [9.17, 15) is 18.0 Å². The molecule has 0 radical (unpaired) electrons. The van der Waals surface area contributed by atoms with Gasteiger partial charge >= 0.3 is 5.97 Å². The van der Waals surface area contributed by atoms with Gasteiger partial charge in [0.1, 0.15) is 0 Å². The minimum atomic E-state index is -3.61. The zero-order valence-corrected chi connectivity index (χ0v) is 20.5. The first kappa shape index (κ1) is 25.5. The van der Waals surface area contributed by atoms with Crippen LogP contribution in [0.1, 0.15) is 26.7 Å². The number of hydrogen-bond donors (Lipinski definition) is 1. The number of nitrogens with zero attached hydrogens (tertiary/aromatic N) is 3. The first-order valence-corrected chi connectivity index (χ1v) is 13.4. The molecule has 2 heterocycles. The van der Waals surface area contributed by atoms with Gasteiger partial charge in [-0.05, 0) is 38.5 Å². The molecule has 0 spiro atoms. The standard InChI is InChI=1S/C21H30N4O6S2/c1-3-25-18-8-7-16(33(28,29)24-10-12-30-13-11-24)14-17(18)23-21(25)32-15-19(26)22-9-5-6-20(27)31-4-2/h7-8,14H,3-6,9-13,15H2,1-2H3,(H,22,26). The highest BCUT2D eigenvalue weighted by molar-refractivity contribution is 7.99. The number of fused-ring (bicyclic) bond motifs is 1. The SMILES string of the molecule is CCOC(=O)CCCNC(=O)CSc1nc2cc(S(=O)(=O)N3CCOCC3)ccc2n1CC. The zero-order valence-electron chi connectivity index (χ0n) is 18.9. The van der Waals surface area contributed by atoms with Crippen LogP contribution in [0.3, 0.4) is 0 Å². The fraction of sp³-hybridized carbons (Fsp3) is 0.571. The summed E-state index contributed by atoms with van der Waals surface area (Å²) in [5.74, 6) is -0.260. The third-order valence-corrected chi connectivity index (χ3v) is 8.00. The molecule has 0 atom stereocenters. The molecule has 33 heavy (non-hydrogen) atoms. The van der Waals surface area contributed by atoms with Gasteiger partial charge in [0.25, 0.3) is 0 Å². The largest absolute Gasteiger partial charge is 0.466 e.